The number of hydrogen-bond donors (Lipinski definition) is 0. The predicted molar refractivity (Wildman–Crippen MR) is 129 cm³/mol. The van der Waals surface area contributed by atoms with Crippen molar-refractivity contribution in [3.05, 3.63) is 112 Å². The monoisotopic (exact) mass is 444 g/mol. The Morgan fingerprint density at radius 1 is 0.774 bits per heavy atom. The van der Waals surface area contributed by atoms with Gasteiger partial charge in [0.15, 0.2) is 0 Å². The van der Waals surface area contributed by atoms with Crippen molar-refractivity contribution >= 4 is 52.9 Å². The number of hydrogen-bond acceptors (Lipinski definition) is 5. The lowest BCUT2D eigenvalue weighted by molar-refractivity contribution is -0.122. The van der Waals surface area contributed by atoms with E-state index in [2.05, 4.69) is 15.3 Å². The summed E-state index contributed by atoms with van der Waals surface area (Å²) in [5.41, 5.74) is 2.65. The Morgan fingerprint density at radius 2 is 1.39 bits per heavy atom. The minimum absolute atomic E-state index is 0.263. The quantitative estimate of drug-likeness (QED) is 0.289. The predicted octanol–water partition coefficient (Wildman–Crippen LogP) is 5.68. The zero-order chi connectivity index (χ0) is 21.5. The highest BCUT2D eigenvalue weighted by Gasteiger charge is 2.33. The van der Waals surface area contributed by atoms with E-state index in [1.807, 2.05) is 72.8 Å². The molecule has 0 saturated carbocycles. The van der Waals surface area contributed by atoms with E-state index in [1.165, 1.54) is 16.8 Å². The molecular formula is C24H17ClN4OS. The molecule has 1 amide bonds. The molecule has 4 rings (SSSR count). The largest absolute Gasteiger partial charge is 0.287 e. The maximum atomic E-state index is 13.0. The summed E-state index contributed by atoms with van der Waals surface area (Å²) in [7, 11) is 0. The molecule has 0 aromatic heterocycles. The van der Waals surface area contributed by atoms with Crippen LogP contribution in [0.2, 0.25) is 5.02 Å². The third-order valence-electron chi connectivity index (χ3n) is 4.22. The van der Waals surface area contributed by atoms with Gasteiger partial charge in [0.05, 0.1) is 17.3 Å². The molecule has 3 aromatic rings. The minimum atomic E-state index is -0.263. The summed E-state index contributed by atoms with van der Waals surface area (Å²) in [6.45, 7) is 0. The van der Waals surface area contributed by atoms with Crippen LogP contribution in [-0.4, -0.2) is 28.5 Å². The number of carbonyl (C=O) groups excluding carboxylic acids is 1. The molecule has 7 heteroatoms. The average Bonchev–Trinajstić information content (AvgIpc) is 3.09. The number of rotatable bonds is 5. The standard InChI is InChI=1S/C24H17ClN4OS/c25-21-13-11-18(12-14-21)15-22-23(30)29(27-17-20-9-5-2-6-10-20)24(31-22)28-26-16-19-7-3-1-4-8-19/h1-17H/b22-15+,26-16+,27-17+,28-24+. The Bertz CT molecular complexity index is 1170. The molecule has 31 heavy (non-hydrogen) atoms. The van der Waals surface area contributed by atoms with Gasteiger partial charge in [0.2, 0.25) is 5.17 Å². The van der Waals surface area contributed by atoms with E-state index in [4.69, 9.17) is 11.6 Å². The van der Waals surface area contributed by atoms with Gasteiger partial charge in [0.25, 0.3) is 5.91 Å². The number of amides is 1. The fourth-order valence-electron chi connectivity index (χ4n) is 2.69. The fraction of sp³-hybridized carbons (Fsp3) is 0. The Labute approximate surface area is 189 Å². The SMILES string of the molecule is O=C1/C(=C\c2ccc(Cl)cc2)S/C(=N/N=C/c2ccccc2)N1/N=C/c1ccccc1. The molecule has 1 heterocycles. The first-order valence-corrected chi connectivity index (χ1v) is 10.6. The van der Waals surface area contributed by atoms with Gasteiger partial charge in [-0.2, -0.15) is 15.2 Å². The van der Waals surface area contributed by atoms with Crippen molar-refractivity contribution in [2.75, 3.05) is 0 Å². The van der Waals surface area contributed by atoms with Crippen molar-refractivity contribution in [2.24, 2.45) is 15.3 Å². The van der Waals surface area contributed by atoms with Crippen molar-refractivity contribution in [1.29, 1.82) is 0 Å². The second-order valence-electron chi connectivity index (χ2n) is 6.47. The number of nitrogens with zero attached hydrogens (tertiary/aromatic N) is 4. The molecule has 1 saturated heterocycles. The summed E-state index contributed by atoms with van der Waals surface area (Å²) < 4.78 is 0. The molecule has 0 radical (unpaired) electrons. The Kier molecular flexibility index (Phi) is 6.72. The molecule has 0 spiro atoms. The zero-order valence-electron chi connectivity index (χ0n) is 16.3. The lowest BCUT2D eigenvalue weighted by atomic mass is 10.2. The molecule has 1 aliphatic rings. The summed E-state index contributed by atoms with van der Waals surface area (Å²) in [6, 6.07) is 26.4. The number of benzene rings is 3. The molecule has 1 aliphatic heterocycles. The third-order valence-corrected chi connectivity index (χ3v) is 5.43. The summed E-state index contributed by atoms with van der Waals surface area (Å²) >= 11 is 7.18. The third kappa shape index (κ3) is 5.57. The van der Waals surface area contributed by atoms with E-state index >= 15 is 0 Å². The maximum Gasteiger partial charge on any atom is 0.287 e. The van der Waals surface area contributed by atoms with Crippen molar-refractivity contribution in [3.63, 3.8) is 0 Å². The second kappa shape index (κ2) is 10.0. The van der Waals surface area contributed by atoms with Gasteiger partial charge >= 0.3 is 0 Å². The van der Waals surface area contributed by atoms with Gasteiger partial charge in [-0.05, 0) is 46.7 Å². The van der Waals surface area contributed by atoms with Crippen LogP contribution >= 0.6 is 23.4 Å². The van der Waals surface area contributed by atoms with Crippen LogP contribution in [-0.2, 0) is 4.79 Å². The maximum absolute atomic E-state index is 13.0. The Morgan fingerprint density at radius 3 is 2.03 bits per heavy atom. The van der Waals surface area contributed by atoms with Crippen molar-refractivity contribution in [2.45, 2.75) is 0 Å². The molecule has 5 nitrogen and oxygen atoms in total. The van der Waals surface area contributed by atoms with Crippen molar-refractivity contribution in [1.82, 2.24) is 5.01 Å². The van der Waals surface area contributed by atoms with E-state index < -0.39 is 0 Å². The summed E-state index contributed by atoms with van der Waals surface area (Å²) in [6.07, 6.45) is 5.05. The van der Waals surface area contributed by atoms with Gasteiger partial charge in [-0.1, -0.05) is 84.4 Å². The van der Waals surface area contributed by atoms with E-state index in [1.54, 1.807) is 30.6 Å². The first-order valence-electron chi connectivity index (χ1n) is 9.44. The first kappa shape index (κ1) is 20.8. The molecule has 152 valence electrons. The highest BCUT2D eigenvalue weighted by atomic mass is 35.5. The van der Waals surface area contributed by atoms with Crippen molar-refractivity contribution in [3.8, 4) is 0 Å². The lowest BCUT2D eigenvalue weighted by Crippen LogP contribution is -2.23. The lowest BCUT2D eigenvalue weighted by Gasteiger charge is -2.06. The molecule has 3 aromatic carbocycles. The smallest absolute Gasteiger partial charge is 0.266 e. The summed E-state index contributed by atoms with van der Waals surface area (Å²) in [4.78, 5) is 13.5. The molecule has 0 bridgehead atoms. The van der Waals surface area contributed by atoms with Crippen LogP contribution < -0.4 is 0 Å². The van der Waals surface area contributed by atoms with Crippen LogP contribution in [0.3, 0.4) is 0 Å². The van der Waals surface area contributed by atoms with Crippen LogP contribution in [0.15, 0.2) is 105 Å². The number of hydrazone groups is 1. The van der Waals surface area contributed by atoms with Crippen LogP contribution in [0, 0.1) is 0 Å². The highest BCUT2D eigenvalue weighted by molar-refractivity contribution is 8.18. The fourth-order valence-corrected chi connectivity index (χ4v) is 3.69. The van der Waals surface area contributed by atoms with E-state index in [0.717, 1.165) is 16.7 Å². The van der Waals surface area contributed by atoms with Gasteiger partial charge < -0.3 is 0 Å². The highest BCUT2D eigenvalue weighted by Crippen LogP contribution is 2.33. The normalized spacial score (nSPS) is 16.9. The van der Waals surface area contributed by atoms with Gasteiger partial charge in [-0.3, -0.25) is 4.79 Å². The van der Waals surface area contributed by atoms with Gasteiger partial charge in [-0.25, -0.2) is 0 Å². The molecule has 0 aliphatic carbocycles. The number of thioether (sulfide) groups is 1. The molecule has 1 fully saturated rings. The molecule has 0 atom stereocenters. The molecule has 0 unspecified atom stereocenters. The van der Waals surface area contributed by atoms with Crippen molar-refractivity contribution < 1.29 is 4.79 Å². The van der Waals surface area contributed by atoms with Gasteiger partial charge in [0, 0.05) is 5.02 Å². The topological polar surface area (TPSA) is 57.4 Å². The second-order valence-corrected chi connectivity index (χ2v) is 7.92. The van der Waals surface area contributed by atoms with E-state index in [0.29, 0.717) is 15.1 Å². The summed E-state index contributed by atoms with van der Waals surface area (Å²) in [5.74, 6) is -0.263. The number of carbonyl (C=O) groups is 1. The number of halogens is 1. The van der Waals surface area contributed by atoms with Crippen LogP contribution in [0.5, 0.6) is 0 Å². The van der Waals surface area contributed by atoms with E-state index in [-0.39, 0.29) is 5.91 Å². The first-order chi connectivity index (χ1) is 15.2. The zero-order valence-corrected chi connectivity index (χ0v) is 17.9. The molecule has 0 N–H and O–H groups in total. The van der Waals surface area contributed by atoms with Crippen LogP contribution in [0.4, 0.5) is 0 Å². The average molecular weight is 445 g/mol. The van der Waals surface area contributed by atoms with Gasteiger partial charge in [0.1, 0.15) is 0 Å². The van der Waals surface area contributed by atoms with Crippen LogP contribution in [0.1, 0.15) is 16.7 Å². The van der Waals surface area contributed by atoms with Gasteiger partial charge in [-0.15, -0.1) is 5.10 Å². The minimum Gasteiger partial charge on any atom is -0.266 e. The van der Waals surface area contributed by atoms with E-state index in [9.17, 15) is 4.79 Å². The molecular weight excluding hydrogens is 428 g/mol. The summed E-state index contributed by atoms with van der Waals surface area (Å²) in [5, 5.41) is 15.0. The number of amidine groups is 1. The Hall–Kier alpha value is -3.48. The Balaban J connectivity index is 1.63. The van der Waals surface area contributed by atoms with Crippen LogP contribution in [0.25, 0.3) is 6.08 Å².